The van der Waals surface area contributed by atoms with Gasteiger partial charge in [0.2, 0.25) is 0 Å². The lowest BCUT2D eigenvalue weighted by Gasteiger charge is -2.28. The van der Waals surface area contributed by atoms with Crippen LogP contribution in [-0.4, -0.2) is 20.2 Å². The summed E-state index contributed by atoms with van der Waals surface area (Å²) in [5.74, 6) is -0.499. The highest BCUT2D eigenvalue weighted by molar-refractivity contribution is 5.73. The van der Waals surface area contributed by atoms with Gasteiger partial charge in [0.05, 0.1) is 5.56 Å². The molecule has 7 heteroatoms. The zero-order valence-corrected chi connectivity index (χ0v) is 12.3. The lowest BCUT2D eigenvalue weighted by molar-refractivity contribution is 0.445. The number of anilines is 2. The Morgan fingerprint density at radius 2 is 1.71 bits per heavy atom. The molecule has 0 aliphatic carbocycles. The van der Waals surface area contributed by atoms with Gasteiger partial charge >= 0.3 is 5.69 Å². The maximum atomic E-state index is 12.4. The van der Waals surface area contributed by atoms with Crippen molar-refractivity contribution >= 4 is 11.5 Å². The van der Waals surface area contributed by atoms with Gasteiger partial charge in [-0.2, -0.15) is 0 Å². The number of aromatic nitrogens is 2. The monoisotopic (exact) mass is 323 g/mol. The molecule has 1 aliphatic rings. The van der Waals surface area contributed by atoms with Crippen LogP contribution in [0.1, 0.15) is 22.6 Å². The summed E-state index contributed by atoms with van der Waals surface area (Å²) in [4.78, 5) is 28.8. The first kappa shape index (κ1) is 14.1. The summed E-state index contributed by atoms with van der Waals surface area (Å²) in [5, 5.41) is 22.9. The van der Waals surface area contributed by atoms with E-state index in [-0.39, 0.29) is 11.5 Å². The normalized spacial score (nSPS) is 15.2. The van der Waals surface area contributed by atoms with Crippen LogP contribution in [-0.2, 0) is 0 Å². The molecule has 0 fully saturated rings. The van der Waals surface area contributed by atoms with E-state index >= 15 is 0 Å². The fraction of sp³-hybridized carbons (Fsp3) is 0.0588. The van der Waals surface area contributed by atoms with Gasteiger partial charge in [-0.25, -0.2) is 4.79 Å². The maximum absolute atomic E-state index is 12.4. The summed E-state index contributed by atoms with van der Waals surface area (Å²) < 4.78 is 0. The Balaban J connectivity index is 2.06. The van der Waals surface area contributed by atoms with Gasteiger partial charge in [-0.3, -0.25) is 14.8 Å². The summed E-state index contributed by atoms with van der Waals surface area (Å²) in [6, 6.07) is 11.5. The van der Waals surface area contributed by atoms with E-state index in [9.17, 15) is 19.8 Å². The van der Waals surface area contributed by atoms with Crippen molar-refractivity contribution in [1.29, 1.82) is 0 Å². The Morgan fingerprint density at radius 1 is 0.917 bits per heavy atom. The van der Waals surface area contributed by atoms with Crippen LogP contribution in [0.25, 0.3) is 0 Å². The minimum atomic E-state index is -0.612. The number of rotatable bonds is 1. The van der Waals surface area contributed by atoms with Crippen LogP contribution in [0, 0.1) is 0 Å². The standard InChI is InChI=1S/C17H13N3O4/c21-8-5-6-10(12(22)7-8)13-9-3-1-2-4-11(9)18-15-14(13)16(23)20-17(24)19-15/h1-7,13,21-22H,(H3,18,19,20,23,24). The Labute approximate surface area is 135 Å². The number of benzene rings is 2. The van der Waals surface area contributed by atoms with E-state index in [1.54, 1.807) is 6.07 Å². The Morgan fingerprint density at radius 3 is 2.50 bits per heavy atom. The van der Waals surface area contributed by atoms with Crippen molar-refractivity contribution in [2.75, 3.05) is 5.32 Å². The first-order valence-electron chi connectivity index (χ1n) is 7.29. The minimum Gasteiger partial charge on any atom is -0.508 e. The largest absolute Gasteiger partial charge is 0.508 e. The van der Waals surface area contributed by atoms with E-state index in [0.717, 1.165) is 11.3 Å². The van der Waals surface area contributed by atoms with Gasteiger partial charge in [0.25, 0.3) is 5.56 Å². The smallest absolute Gasteiger partial charge is 0.327 e. The second-order valence-electron chi connectivity index (χ2n) is 5.59. The van der Waals surface area contributed by atoms with Crippen LogP contribution < -0.4 is 16.6 Å². The number of fused-ring (bicyclic) bond motifs is 2. The molecule has 1 aromatic heterocycles. The molecule has 1 atom stereocenters. The molecule has 4 rings (SSSR count). The second kappa shape index (κ2) is 5.02. The maximum Gasteiger partial charge on any atom is 0.327 e. The third-order valence-electron chi connectivity index (χ3n) is 4.12. The molecule has 5 N–H and O–H groups in total. The quantitative estimate of drug-likeness (QED) is 0.365. The number of phenolic OH excluding ortho intramolecular Hbond substituents is 2. The Bertz CT molecular complexity index is 1070. The van der Waals surface area contributed by atoms with Crippen LogP contribution in [0.5, 0.6) is 11.5 Å². The molecular weight excluding hydrogens is 310 g/mol. The van der Waals surface area contributed by atoms with Gasteiger partial charge in [-0.05, 0) is 17.7 Å². The highest BCUT2D eigenvalue weighted by Gasteiger charge is 2.32. The van der Waals surface area contributed by atoms with E-state index in [2.05, 4.69) is 15.3 Å². The predicted molar refractivity (Wildman–Crippen MR) is 88.1 cm³/mol. The van der Waals surface area contributed by atoms with Crippen molar-refractivity contribution in [2.45, 2.75) is 5.92 Å². The summed E-state index contributed by atoms with van der Waals surface area (Å²) in [7, 11) is 0. The first-order chi connectivity index (χ1) is 11.5. The molecule has 0 saturated carbocycles. The lowest BCUT2D eigenvalue weighted by Crippen LogP contribution is -2.31. The topological polar surface area (TPSA) is 118 Å². The van der Waals surface area contributed by atoms with Crippen molar-refractivity contribution in [3.8, 4) is 11.5 Å². The number of nitrogens with one attached hydrogen (secondary N) is 3. The fourth-order valence-corrected chi connectivity index (χ4v) is 3.12. The van der Waals surface area contributed by atoms with Crippen molar-refractivity contribution in [3.05, 3.63) is 80.0 Å². The molecule has 1 unspecified atom stereocenters. The summed E-state index contributed by atoms with van der Waals surface area (Å²) in [5.41, 5.74) is 1.12. The fourth-order valence-electron chi connectivity index (χ4n) is 3.12. The van der Waals surface area contributed by atoms with Crippen LogP contribution in [0.15, 0.2) is 52.1 Å². The SMILES string of the molecule is O=c1[nH]c2c(c(=O)[nH]1)C(c1ccc(O)cc1O)c1ccccc1N2. The van der Waals surface area contributed by atoms with Gasteiger partial charge < -0.3 is 15.5 Å². The van der Waals surface area contributed by atoms with Crippen molar-refractivity contribution in [1.82, 2.24) is 9.97 Å². The van der Waals surface area contributed by atoms with E-state index < -0.39 is 17.2 Å². The van der Waals surface area contributed by atoms with Crippen molar-refractivity contribution in [2.24, 2.45) is 0 Å². The zero-order chi connectivity index (χ0) is 16.8. The number of hydrogen-bond donors (Lipinski definition) is 5. The average Bonchev–Trinajstić information content (AvgIpc) is 2.53. The molecule has 120 valence electrons. The molecule has 2 heterocycles. The number of H-pyrrole nitrogens is 2. The zero-order valence-electron chi connectivity index (χ0n) is 12.3. The van der Waals surface area contributed by atoms with Crippen LogP contribution in [0.3, 0.4) is 0 Å². The predicted octanol–water partition coefficient (Wildman–Crippen LogP) is 1.71. The summed E-state index contributed by atoms with van der Waals surface area (Å²) in [6.07, 6.45) is 0. The van der Waals surface area contributed by atoms with Crippen molar-refractivity contribution in [3.63, 3.8) is 0 Å². The summed E-state index contributed by atoms with van der Waals surface area (Å²) in [6.45, 7) is 0. The number of hydrogen-bond acceptors (Lipinski definition) is 5. The average molecular weight is 323 g/mol. The minimum absolute atomic E-state index is 0.0749. The van der Waals surface area contributed by atoms with Gasteiger partial charge in [-0.1, -0.05) is 24.3 Å². The lowest BCUT2D eigenvalue weighted by atomic mass is 9.82. The van der Waals surface area contributed by atoms with Gasteiger partial charge in [0.15, 0.2) is 0 Å². The number of para-hydroxylation sites is 1. The molecule has 2 aromatic carbocycles. The van der Waals surface area contributed by atoms with Gasteiger partial charge in [0, 0.05) is 23.2 Å². The Hall–Kier alpha value is -3.48. The van der Waals surface area contributed by atoms with Crippen LogP contribution >= 0.6 is 0 Å². The molecule has 24 heavy (non-hydrogen) atoms. The Kier molecular flexibility index (Phi) is 2.96. The third-order valence-corrected chi connectivity index (χ3v) is 4.12. The molecule has 1 aliphatic heterocycles. The number of phenols is 2. The summed E-state index contributed by atoms with van der Waals surface area (Å²) >= 11 is 0. The third kappa shape index (κ3) is 2.06. The molecule has 7 nitrogen and oxygen atoms in total. The van der Waals surface area contributed by atoms with E-state index in [0.29, 0.717) is 16.9 Å². The highest BCUT2D eigenvalue weighted by atomic mass is 16.3. The molecule has 0 bridgehead atoms. The van der Waals surface area contributed by atoms with Crippen molar-refractivity contribution < 1.29 is 10.2 Å². The van der Waals surface area contributed by atoms with E-state index in [1.807, 2.05) is 24.3 Å². The first-order valence-corrected chi connectivity index (χ1v) is 7.29. The molecule has 0 saturated heterocycles. The number of aromatic amines is 2. The van der Waals surface area contributed by atoms with Crippen LogP contribution in [0.4, 0.5) is 11.5 Å². The van der Waals surface area contributed by atoms with E-state index in [1.165, 1.54) is 12.1 Å². The second-order valence-corrected chi connectivity index (χ2v) is 5.59. The van der Waals surface area contributed by atoms with Gasteiger partial charge in [-0.15, -0.1) is 0 Å². The molecule has 3 aromatic rings. The molecule has 0 spiro atoms. The highest BCUT2D eigenvalue weighted by Crippen LogP contribution is 2.44. The van der Waals surface area contributed by atoms with E-state index in [4.69, 9.17) is 0 Å². The number of aromatic hydroxyl groups is 2. The van der Waals surface area contributed by atoms with Crippen LogP contribution in [0.2, 0.25) is 0 Å². The molecule has 0 amide bonds. The molecular formula is C17H13N3O4. The molecule has 0 radical (unpaired) electrons. The van der Waals surface area contributed by atoms with Gasteiger partial charge in [0.1, 0.15) is 17.3 Å².